The second kappa shape index (κ2) is 5.67. The van der Waals surface area contributed by atoms with Crippen LogP contribution in [-0.4, -0.2) is 48.8 Å². The van der Waals surface area contributed by atoms with Gasteiger partial charge in [-0.25, -0.2) is 4.39 Å². The zero-order valence-electron chi connectivity index (χ0n) is 11.0. The third-order valence-corrected chi connectivity index (χ3v) is 3.83. The van der Waals surface area contributed by atoms with E-state index in [2.05, 4.69) is 16.7 Å². The first-order valence-corrected chi connectivity index (χ1v) is 6.45. The van der Waals surface area contributed by atoms with Crippen LogP contribution in [0.3, 0.4) is 0 Å². The van der Waals surface area contributed by atoms with E-state index in [1.54, 1.807) is 0 Å². The Balaban J connectivity index is 2.21. The highest BCUT2D eigenvalue weighted by Gasteiger charge is 2.26. The van der Waals surface area contributed by atoms with Crippen LogP contribution in [0.4, 0.5) is 10.1 Å². The fourth-order valence-corrected chi connectivity index (χ4v) is 2.46. The Morgan fingerprint density at radius 2 is 2.00 bits per heavy atom. The molecule has 0 aliphatic carbocycles. The molecule has 18 heavy (non-hydrogen) atoms. The second-order valence-electron chi connectivity index (χ2n) is 5.08. The SMILES string of the molecule is CC1CCN(C)C(CO)CN1c1ccc(F)cc1. The van der Waals surface area contributed by atoms with Crippen molar-refractivity contribution in [3.63, 3.8) is 0 Å². The highest BCUT2D eigenvalue weighted by Crippen LogP contribution is 2.22. The number of halogens is 1. The minimum atomic E-state index is -0.211. The number of aliphatic hydroxyl groups is 1. The van der Waals surface area contributed by atoms with Crippen LogP contribution in [0.1, 0.15) is 13.3 Å². The molecule has 1 saturated heterocycles. The van der Waals surface area contributed by atoms with Crippen molar-refractivity contribution in [2.75, 3.05) is 31.6 Å². The van der Waals surface area contributed by atoms with Crippen LogP contribution in [0, 0.1) is 5.82 Å². The largest absolute Gasteiger partial charge is 0.395 e. The van der Waals surface area contributed by atoms with Crippen LogP contribution < -0.4 is 4.90 Å². The number of anilines is 1. The maximum Gasteiger partial charge on any atom is 0.123 e. The maximum atomic E-state index is 13.0. The number of hydrogen-bond donors (Lipinski definition) is 1. The molecule has 0 spiro atoms. The summed E-state index contributed by atoms with van der Waals surface area (Å²) in [5.41, 5.74) is 1.03. The average Bonchev–Trinajstić information content (AvgIpc) is 2.51. The maximum absolute atomic E-state index is 13.0. The molecular weight excluding hydrogens is 231 g/mol. The van der Waals surface area contributed by atoms with Gasteiger partial charge in [-0.2, -0.15) is 0 Å². The van der Waals surface area contributed by atoms with Gasteiger partial charge in [0.05, 0.1) is 6.61 Å². The van der Waals surface area contributed by atoms with Gasteiger partial charge < -0.3 is 10.0 Å². The van der Waals surface area contributed by atoms with Gasteiger partial charge in [-0.15, -0.1) is 0 Å². The van der Waals surface area contributed by atoms with E-state index in [9.17, 15) is 9.50 Å². The molecule has 2 unspecified atom stereocenters. The third kappa shape index (κ3) is 2.82. The van der Waals surface area contributed by atoms with Crippen molar-refractivity contribution in [3.8, 4) is 0 Å². The first kappa shape index (κ1) is 13.3. The molecule has 1 fully saturated rings. The normalized spacial score (nSPS) is 26.1. The summed E-state index contributed by atoms with van der Waals surface area (Å²) in [6.07, 6.45) is 1.05. The van der Waals surface area contributed by atoms with Gasteiger partial charge in [-0.1, -0.05) is 0 Å². The van der Waals surface area contributed by atoms with Crippen LogP contribution in [-0.2, 0) is 0 Å². The Morgan fingerprint density at radius 1 is 1.33 bits per heavy atom. The molecule has 0 saturated carbocycles. The molecule has 1 aliphatic heterocycles. The van der Waals surface area contributed by atoms with E-state index in [1.165, 1.54) is 12.1 Å². The van der Waals surface area contributed by atoms with Gasteiger partial charge in [0.25, 0.3) is 0 Å². The van der Waals surface area contributed by atoms with Crippen molar-refractivity contribution in [2.24, 2.45) is 0 Å². The van der Waals surface area contributed by atoms with E-state index < -0.39 is 0 Å². The monoisotopic (exact) mass is 252 g/mol. The second-order valence-corrected chi connectivity index (χ2v) is 5.08. The molecule has 1 heterocycles. The number of rotatable bonds is 2. The molecule has 1 aromatic rings. The molecule has 1 aromatic carbocycles. The highest BCUT2D eigenvalue weighted by atomic mass is 19.1. The Bertz CT molecular complexity index is 382. The molecule has 4 heteroatoms. The summed E-state index contributed by atoms with van der Waals surface area (Å²) in [6.45, 7) is 4.09. The highest BCUT2D eigenvalue weighted by molar-refractivity contribution is 5.47. The third-order valence-electron chi connectivity index (χ3n) is 3.83. The summed E-state index contributed by atoms with van der Waals surface area (Å²) in [6, 6.07) is 7.14. The standard InChI is InChI=1S/C14H21FN2O/c1-11-7-8-16(2)14(10-18)9-17(11)13-5-3-12(15)4-6-13/h3-6,11,14,18H,7-10H2,1-2H3. The van der Waals surface area contributed by atoms with Gasteiger partial charge in [0.2, 0.25) is 0 Å². The van der Waals surface area contributed by atoms with Crippen LogP contribution in [0.15, 0.2) is 24.3 Å². The van der Waals surface area contributed by atoms with Crippen molar-refractivity contribution < 1.29 is 9.50 Å². The van der Waals surface area contributed by atoms with Gasteiger partial charge in [0.15, 0.2) is 0 Å². The van der Waals surface area contributed by atoms with Crippen LogP contribution >= 0.6 is 0 Å². The number of aliphatic hydroxyl groups excluding tert-OH is 1. The Morgan fingerprint density at radius 3 is 2.61 bits per heavy atom. The van der Waals surface area contributed by atoms with E-state index in [-0.39, 0.29) is 18.5 Å². The van der Waals surface area contributed by atoms with Crippen molar-refractivity contribution >= 4 is 5.69 Å². The molecule has 0 bridgehead atoms. The predicted molar refractivity (Wildman–Crippen MR) is 71.3 cm³/mol. The number of nitrogens with zero attached hydrogens (tertiary/aromatic N) is 2. The van der Waals surface area contributed by atoms with E-state index in [0.29, 0.717) is 6.04 Å². The summed E-state index contributed by atoms with van der Waals surface area (Å²) in [4.78, 5) is 4.45. The van der Waals surface area contributed by atoms with Gasteiger partial charge in [-0.05, 0) is 44.7 Å². The first-order valence-electron chi connectivity index (χ1n) is 6.45. The van der Waals surface area contributed by atoms with Crippen LogP contribution in [0.2, 0.25) is 0 Å². The van der Waals surface area contributed by atoms with E-state index in [1.807, 2.05) is 19.2 Å². The van der Waals surface area contributed by atoms with Gasteiger partial charge in [0, 0.05) is 30.9 Å². The van der Waals surface area contributed by atoms with Crippen molar-refractivity contribution in [2.45, 2.75) is 25.4 Å². The van der Waals surface area contributed by atoms with E-state index in [0.717, 1.165) is 25.2 Å². The molecule has 2 atom stereocenters. The summed E-state index contributed by atoms with van der Waals surface area (Å²) in [5, 5.41) is 9.45. The van der Waals surface area contributed by atoms with Crippen LogP contribution in [0.25, 0.3) is 0 Å². The number of benzene rings is 1. The molecule has 0 aromatic heterocycles. The fourth-order valence-electron chi connectivity index (χ4n) is 2.46. The molecule has 100 valence electrons. The fraction of sp³-hybridized carbons (Fsp3) is 0.571. The smallest absolute Gasteiger partial charge is 0.123 e. The van der Waals surface area contributed by atoms with Crippen molar-refractivity contribution in [1.82, 2.24) is 4.90 Å². The Hall–Kier alpha value is -1.13. The van der Waals surface area contributed by atoms with Gasteiger partial charge in [-0.3, -0.25) is 4.90 Å². The lowest BCUT2D eigenvalue weighted by molar-refractivity contribution is 0.159. The summed E-state index contributed by atoms with van der Waals surface area (Å²) in [5.74, 6) is -0.211. The quantitative estimate of drug-likeness (QED) is 0.868. The predicted octanol–water partition coefficient (Wildman–Crippen LogP) is 1.72. The number of hydrogen-bond acceptors (Lipinski definition) is 3. The molecule has 2 rings (SSSR count). The zero-order valence-corrected chi connectivity index (χ0v) is 11.0. The zero-order chi connectivity index (χ0) is 13.1. The lowest BCUT2D eigenvalue weighted by Gasteiger charge is -2.32. The lowest BCUT2D eigenvalue weighted by Crippen LogP contribution is -2.43. The summed E-state index contributed by atoms with van der Waals surface area (Å²) < 4.78 is 13.0. The van der Waals surface area contributed by atoms with E-state index >= 15 is 0 Å². The van der Waals surface area contributed by atoms with Crippen LogP contribution in [0.5, 0.6) is 0 Å². The molecule has 3 nitrogen and oxygen atoms in total. The summed E-state index contributed by atoms with van der Waals surface area (Å²) >= 11 is 0. The molecule has 0 amide bonds. The van der Waals surface area contributed by atoms with E-state index in [4.69, 9.17) is 0 Å². The first-order chi connectivity index (χ1) is 8.61. The lowest BCUT2D eigenvalue weighted by atomic mass is 10.1. The number of likely N-dealkylation sites (N-methyl/N-ethyl adjacent to an activating group) is 1. The van der Waals surface area contributed by atoms with Gasteiger partial charge in [0.1, 0.15) is 5.82 Å². The minimum Gasteiger partial charge on any atom is -0.395 e. The summed E-state index contributed by atoms with van der Waals surface area (Å²) in [7, 11) is 2.04. The molecule has 1 N–H and O–H groups in total. The topological polar surface area (TPSA) is 26.7 Å². The minimum absolute atomic E-state index is 0.139. The Kier molecular flexibility index (Phi) is 4.19. The Labute approximate surface area is 108 Å². The van der Waals surface area contributed by atoms with Crippen molar-refractivity contribution in [1.29, 1.82) is 0 Å². The molecular formula is C14H21FN2O. The average molecular weight is 252 g/mol. The van der Waals surface area contributed by atoms with Crippen molar-refractivity contribution in [3.05, 3.63) is 30.1 Å². The molecule has 1 aliphatic rings. The molecule has 0 radical (unpaired) electrons. The van der Waals surface area contributed by atoms with Gasteiger partial charge >= 0.3 is 0 Å².